The fourth-order valence-electron chi connectivity index (χ4n) is 3.42. The van der Waals surface area contributed by atoms with Crippen LogP contribution in [0.4, 0.5) is 5.13 Å². The summed E-state index contributed by atoms with van der Waals surface area (Å²) in [6, 6.07) is 16.1. The molecule has 1 N–H and O–H groups in total. The highest BCUT2D eigenvalue weighted by Gasteiger charge is 2.30. The standard InChI is InChI=1S/C20H19N3O3S2/c24-19(23-13-4-7-18(23)15-5-2-1-3-6-15)16-8-10-17(11-9-16)28(25,26)22-20-21-12-14-27-20/h1-3,5-6,8-12,14,18H,4,7,13H2,(H,21,22). The van der Waals surface area contributed by atoms with Crippen molar-refractivity contribution in [3.63, 3.8) is 0 Å². The Bertz CT molecular complexity index is 1050. The van der Waals surface area contributed by atoms with Crippen molar-refractivity contribution in [1.29, 1.82) is 0 Å². The van der Waals surface area contributed by atoms with Crippen LogP contribution in [-0.4, -0.2) is 30.8 Å². The van der Waals surface area contributed by atoms with Crippen LogP contribution in [0.3, 0.4) is 0 Å². The van der Waals surface area contributed by atoms with Crippen LogP contribution in [0.25, 0.3) is 0 Å². The van der Waals surface area contributed by atoms with E-state index in [4.69, 9.17) is 0 Å². The van der Waals surface area contributed by atoms with Gasteiger partial charge in [0.05, 0.1) is 10.9 Å². The summed E-state index contributed by atoms with van der Waals surface area (Å²) in [6.45, 7) is 0.698. The number of hydrogen-bond donors (Lipinski definition) is 1. The maximum absolute atomic E-state index is 13.0. The Morgan fingerprint density at radius 3 is 2.54 bits per heavy atom. The number of hydrogen-bond acceptors (Lipinski definition) is 5. The van der Waals surface area contributed by atoms with Gasteiger partial charge in [0.15, 0.2) is 5.13 Å². The number of thiazole rings is 1. The molecule has 1 amide bonds. The first-order valence-corrected chi connectivity index (χ1v) is 11.3. The third-order valence-electron chi connectivity index (χ3n) is 4.76. The Morgan fingerprint density at radius 1 is 1.11 bits per heavy atom. The molecular weight excluding hydrogens is 394 g/mol. The fourth-order valence-corrected chi connectivity index (χ4v) is 5.21. The number of carbonyl (C=O) groups excluding carboxylic acids is 1. The summed E-state index contributed by atoms with van der Waals surface area (Å²) >= 11 is 1.21. The number of anilines is 1. The average Bonchev–Trinajstić information content (AvgIpc) is 3.40. The van der Waals surface area contributed by atoms with Gasteiger partial charge in [0.1, 0.15) is 0 Å². The molecule has 2 aromatic carbocycles. The summed E-state index contributed by atoms with van der Waals surface area (Å²) in [5, 5.41) is 2.00. The summed E-state index contributed by atoms with van der Waals surface area (Å²) in [5.74, 6) is -0.0804. The number of sulfonamides is 1. The second-order valence-corrected chi connectivity index (χ2v) is 9.11. The number of benzene rings is 2. The lowest BCUT2D eigenvalue weighted by molar-refractivity contribution is 0.0735. The zero-order valence-corrected chi connectivity index (χ0v) is 16.6. The monoisotopic (exact) mass is 413 g/mol. The quantitative estimate of drug-likeness (QED) is 0.688. The smallest absolute Gasteiger partial charge is 0.263 e. The highest BCUT2D eigenvalue weighted by atomic mass is 32.2. The lowest BCUT2D eigenvalue weighted by Crippen LogP contribution is -2.30. The Morgan fingerprint density at radius 2 is 1.86 bits per heavy atom. The molecule has 1 aromatic heterocycles. The first kappa shape index (κ1) is 18.6. The first-order valence-electron chi connectivity index (χ1n) is 8.93. The minimum atomic E-state index is -3.73. The van der Waals surface area contributed by atoms with Crippen molar-refractivity contribution in [2.24, 2.45) is 0 Å². The molecule has 0 aliphatic carbocycles. The van der Waals surface area contributed by atoms with Crippen LogP contribution < -0.4 is 4.72 Å². The second kappa shape index (κ2) is 7.73. The highest BCUT2D eigenvalue weighted by Crippen LogP contribution is 2.33. The van der Waals surface area contributed by atoms with Gasteiger partial charge in [0, 0.05) is 23.7 Å². The zero-order chi connectivity index (χ0) is 19.6. The molecule has 1 saturated heterocycles. The molecule has 0 saturated carbocycles. The number of carbonyl (C=O) groups is 1. The van der Waals surface area contributed by atoms with Gasteiger partial charge in [0.2, 0.25) is 0 Å². The van der Waals surface area contributed by atoms with Crippen molar-refractivity contribution >= 4 is 32.4 Å². The summed E-state index contributed by atoms with van der Waals surface area (Å²) in [7, 11) is -3.73. The number of nitrogens with one attached hydrogen (secondary N) is 1. The van der Waals surface area contributed by atoms with Gasteiger partial charge in [-0.25, -0.2) is 13.4 Å². The van der Waals surface area contributed by atoms with Crippen LogP contribution in [0, 0.1) is 0 Å². The number of nitrogens with zero attached hydrogens (tertiary/aromatic N) is 2. The van der Waals surface area contributed by atoms with Crippen LogP contribution in [-0.2, 0) is 10.0 Å². The molecule has 0 radical (unpaired) electrons. The molecule has 3 aromatic rings. The Hall–Kier alpha value is -2.71. The van der Waals surface area contributed by atoms with E-state index in [1.54, 1.807) is 17.5 Å². The topological polar surface area (TPSA) is 79.4 Å². The first-order chi connectivity index (χ1) is 13.5. The minimum absolute atomic E-state index is 0.0590. The van der Waals surface area contributed by atoms with E-state index < -0.39 is 10.0 Å². The maximum atomic E-state index is 13.0. The number of aromatic nitrogens is 1. The maximum Gasteiger partial charge on any atom is 0.263 e. The van der Waals surface area contributed by atoms with E-state index in [0.717, 1.165) is 18.4 Å². The third-order valence-corrected chi connectivity index (χ3v) is 6.94. The van der Waals surface area contributed by atoms with E-state index in [1.165, 1.54) is 29.7 Å². The van der Waals surface area contributed by atoms with Crippen molar-refractivity contribution in [2.45, 2.75) is 23.8 Å². The normalized spacial score (nSPS) is 16.9. The molecule has 8 heteroatoms. The van der Waals surface area contributed by atoms with Crippen LogP contribution in [0.2, 0.25) is 0 Å². The van der Waals surface area contributed by atoms with Gasteiger partial charge < -0.3 is 4.90 Å². The summed E-state index contributed by atoms with van der Waals surface area (Å²) in [4.78, 5) is 18.9. The van der Waals surface area contributed by atoms with Gasteiger partial charge in [-0.3, -0.25) is 9.52 Å². The molecule has 1 aliphatic rings. The van der Waals surface area contributed by atoms with Gasteiger partial charge in [-0.2, -0.15) is 0 Å². The molecular formula is C20H19N3O3S2. The Balaban J connectivity index is 1.53. The van der Waals surface area contributed by atoms with Crippen molar-refractivity contribution in [1.82, 2.24) is 9.88 Å². The van der Waals surface area contributed by atoms with E-state index in [1.807, 2.05) is 35.2 Å². The molecule has 28 heavy (non-hydrogen) atoms. The molecule has 0 bridgehead atoms. The van der Waals surface area contributed by atoms with E-state index in [9.17, 15) is 13.2 Å². The number of likely N-dealkylation sites (tertiary alicyclic amines) is 1. The molecule has 1 atom stereocenters. The van der Waals surface area contributed by atoms with Gasteiger partial charge in [-0.05, 0) is 42.7 Å². The number of amides is 1. The van der Waals surface area contributed by atoms with Gasteiger partial charge in [0.25, 0.3) is 15.9 Å². The molecule has 1 aliphatic heterocycles. The van der Waals surface area contributed by atoms with Crippen LogP contribution in [0.5, 0.6) is 0 Å². The third kappa shape index (κ3) is 3.79. The van der Waals surface area contributed by atoms with Gasteiger partial charge >= 0.3 is 0 Å². The molecule has 1 unspecified atom stereocenters. The molecule has 2 heterocycles. The van der Waals surface area contributed by atoms with Crippen molar-refractivity contribution in [3.8, 4) is 0 Å². The average molecular weight is 414 g/mol. The van der Waals surface area contributed by atoms with E-state index in [-0.39, 0.29) is 16.8 Å². The van der Waals surface area contributed by atoms with Crippen molar-refractivity contribution < 1.29 is 13.2 Å². The molecule has 0 spiro atoms. The lowest BCUT2D eigenvalue weighted by Gasteiger charge is -2.25. The van der Waals surface area contributed by atoms with E-state index in [0.29, 0.717) is 17.2 Å². The molecule has 1 fully saturated rings. The SMILES string of the molecule is O=C(c1ccc(S(=O)(=O)Nc2nccs2)cc1)N1CCCC1c1ccccc1. The molecule has 6 nitrogen and oxygen atoms in total. The lowest BCUT2D eigenvalue weighted by atomic mass is 10.0. The molecule has 144 valence electrons. The minimum Gasteiger partial charge on any atom is -0.332 e. The Kier molecular flexibility index (Phi) is 5.15. The fraction of sp³-hybridized carbons (Fsp3) is 0.200. The van der Waals surface area contributed by atoms with Crippen LogP contribution in [0.15, 0.2) is 71.1 Å². The van der Waals surface area contributed by atoms with Crippen LogP contribution in [0.1, 0.15) is 34.8 Å². The largest absolute Gasteiger partial charge is 0.332 e. The highest BCUT2D eigenvalue weighted by molar-refractivity contribution is 7.93. The van der Waals surface area contributed by atoms with Crippen molar-refractivity contribution in [3.05, 3.63) is 77.3 Å². The zero-order valence-electron chi connectivity index (χ0n) is 15.0. The van der Waals surface area contributed by atoms with Gasteiger partial charge in [-0.1, -0.05) is 30.3 Å². The van der Waals surface area contributed by atoms with E-state index in [2.05, 4.69) is 9.71 Å². The second-order valence-electron chi connectivity index (χ2n) is 6.53. The predicted molar refractivity (Wildman–Crippen MR) is 109 cm³/mol. The van der Waals surface area contributed by atoms with Gasteiger partial charge in [-0.15, -0.1) is 11.3 Å². The van der Waals surface area contributed by atoms with Crippen molar-refractivity contribution in [2.75, 3.05) is 11.3 Å². The van der Waals surface area contributed by atoms with Crippen LogP contribution >= 0.6 is 11.3 Å². The predicted octanol–water partition coefficient (Wildman–Crippen LogP) is 3.92. The summed E-state index contributed by atoms with van der Waals surface area (Å²) in [5.41, 5.74) is 1.61. The van der Waals surface area contributed by atoms with E-state index >= 15 is 0 Å². The summed E-state index contributed by atoms with van der Waals surface area (Å²) < 4.78 is 27.3. The Labute approximate surface area is 167 Å². The summed E-state index contributed by atoms with van der Waals surface area (Å²) in [6.07, 6.45) is 3.42. The number of rotatable bonds is 5. The molecule has 4 rings (SSSR count).